The highest BCUT2D eigenvalue weighted by Gasteiger charge is 2.54. The molecule has 10 heteroatoms. The minimum absolute atomic E-state index is 0.000226. The molecule has 0 aliphatic carbocycles. The van der Waals surface area contributed by atoms with E-state index < -0.39 is 0 Å². The predicted octanol–water partition coefficient (Wildman–Crippen LogP) is 22.9. The lowest BCUT2D eigenvalue weighted by Gasteiger charge is -2.46. The van der Waals surface area contributed by atoms with Crippen molar-refractivity contribution in [3.8, 4) is 67.5 Å². The number of para-hydroxylation sites is 7. The van der Waals surface area contributed by atoms with Crippen LogP contribution in [0.3, 0.4) is 0 Å². The van der Waals surface area contributed by atoms with Gasteiger partial charge in [0.2, 0.25) is 23.8 Å². The van der Waals surface area contributed by atoms with E-state index in [4.69, 9.17) is 0 Å². The Kier molecular flexibility index (Phi) is 20.6. The first kappa shape index (κ1) is 79.1. The van der Waals surface area contributed by atoms with E-state index in [1.807, 2.05) is 0 Å². The Labute approximate surface area is 697 Å². The average Bonchev–Trinajstić information content (AvgIpc) is 1.45. The Bertz CT molecular complexity index is 6870. The number of aromatic nitrogens is 10. The lowest BCUT2D eigenvalue weighted by molar-refractivity contribution is -0.745. The Balaban J connectivity index is 0.000000112. The summed E-state index contributed by atoms with van der Waals surface area (Å²) in [4.78, 5) is 0. The van der Waals surface area contributed by atoms with Gasteiger partial charge < -0.3 is 0 Å². The zero-order valence-electron chi connectivity index (χ0n) is 72.8. The molecule has 0 saturated heterocycles. The van der Waals surface area contributed by atoms with Crippen molar-refractivity contribution < 1.29 is 23.1 Å². The van der Waals surface area contributed by atoms with Crippen LogP contribution >= 0.6 is 0 Å². The van der Waals surface area contributed by atoms with Gasteiger partial charge in [0.15, 0.2) is 28.2 Å². The molecule has 0 amide bonds. The van der Waals surface area contributed by atoms with E-state index in [0.29, 0.717) is 0 Å². The molecular formula is C108H113N10+5. The summed E-state index contributed by atoms with van der Waals surface area (Å²) in [5.74, 6) is 0. The fraction of sp³-hybridized carbons (Fsp3) is 0.231. The van der Waals surface area contributed by atoms with Gasteiger partial charge in [-0.1, -0.05) is 285 Å². The third-order valence-electron chi connectivity index (χ3n) is 26.5. The van der Waals surface area contributed by atoms with E-state index in [2.05, 4.69) is 496 Å². The van der Waals surface area contributed by atoms with Gasteiger partial charge in [-0.2, -0.15) is 4.40 Å². The highest BCUT2D eigenvalue weighted by Crippen LogP contribution is 2.56. The third-order valence-corrected chi connectivity index (χ3v) is 26.5. The van der Waals surface area contributed by atoms with Crippen molar-refractivity contribution in [3.63, 3.8) is 0 Å². The SMILES string of the molecule is Cc1cc(C)cc(-c2c(-c3ccccc3)c3n([n+]2C)-c2c(C)cccc2C(C)(C)C3(C)C)c1.Cc1cccc2c1-n1c(c(-c3ccccc3)c[n+]1C)C(C)(C)C2(C)C.Cc1cccc2c3ccccc3[n+]3cc(C)n(C)c3c12.Cc1ccccc1-n1c2ccccc2c(-c2ccccc2)[n+]1C.Cc1ccccc1-n1c2ccccc2c[n+]1C. The molecule has 0 bridgehead atoms. The minimum atomic E-state index is -0.0894. The number of imidazole rings is 1. The summed E-state index contributed by atoms with van der Waals surface area (Å²) < 4.78 is 23.1. The van der Waals surface area contributed by atoms with Gasteiger partial charge in [-0.05, 0) is 165 Å². The molecule has 0 radical (unpaired) electrons. The van der Waals surface area contributed by atoms with Crippen LogP contribution < -0.4 is 23.1 Å². The molecule has 2 aliphatic rings. The fourth-order valence-corrected chi connectivity index (χ4v) is 19.1. The summed E-state index contributed by atoms with van der Waals surface area (Å²) in [6.07, 6.45) is 6.66. The number of pyridine rings is 1. The first-order valence-corrected chi connectivity index (χ1v) is 41.6. The first-order chi connectivity index (χ1) is 56.5. The second-order valence-electron chi connectivity index (χ2n) is 35.0. The van der Waals surface area contributed by atoms with Crippen LogP contribution in [-0.2, 0) is 56.9 Å². The van der Waals surface area contributed by atoms with Crippen LogP contribution in [0.5, 0.6) is 0 Å². The lowest BCUT2D eigenvalue weighted by Crippen LogP contribution is -2.51. The molecule has 8 heterocycles. The molecule has 0 atom stereocenters. The normalized spacial score (nSPS) is 13.7. The molecule has 0 N–H and O–H groups in total. The fourth-order valence-electron chi connectivity index (χ4n) is 19.1. The second kappa shape index (κ2) is 30.7. The van der Waals surface area contributed by atoms with Crippen LogP contribution in [0, 0.1) is 55.4 Å². The predicted molar refractivity (Wildman–Crippen MR) is 488 cm³/mol. The molecule has 0 spiro atoms. The highest BCUT2D eigenvalue weighted by molar-refractivity contribution is 6.10. The summed E-state index contributed by atoms with van der Waals surface area (Å²) in [6, 6.07) is 102. The smallest absolute Gasteiger partial charge is 0.230 e. The number of hydrogen-bond donors (Lipinski definition) is 0. The van der Waals surface area contributed by atoms with Gasteiger partial charge in [0.1, 0.15) is 62.6 Å². The number of hydrogen-bond acceptors (Lipinski definition) is 0. The van der Waals surface area contributed by atoms with Gasteiger partial charge in [0, 0.05) is 50.5 Å². The van der Waals surface area contributed by atoms with Crippen molar-refractivity contribution in [2.75, 3.05) is 0 Å². The van der Waals surface area contributed by atoms with E-state index in [1.54, 1.807) is 0 Å². The van der Waals surface area contributed by atoms with Crippen LogP contribution in [0.2, 0.25) is 0 Å². The molecule has 12 aromatic carbocycles. The number of aryl methyl sites for hydroxylation is 11. The van der Waals surface area contributed by atoms with Crippen LogP contribution in [0.25, 0.3) is 117 Å². The van der Waals surface area contributed by atoms with Gasteiger partial charge in [-0.15, -0.1) is 37.5 Å². The molecule has 0 saturated carbocycles. The Morgan fingerprint density at radius 2 is 0.763 bits per heavy atom. The molecule has 118 heavy (non-hydrogen) atoms. The van der Waals surface area contributed by atoms with Crippen molar-refractivity contribution in [1.82, 2.24) is 23.3 Å². The van der Waals surface area contributed by atoms with E-state index in [1.165, 1.54) is 184 Å². The molecule has 2 aliphatic heterocycles. The second-order valence-corrected chi connectivity index (χ2v) is 35.0. The van der Waals surface area contributed by atoms with Gasteiger partial charge in [-0.25, -0.2) is 4.57 Å². The Morgan fingerprint density at radius 1 is 0.314 bits per heavy atom. The van der Waals surface area contributed by atoms with E-state index in [-0.39, 0.29) is 21.7 Å². The van der Waals surface area contributed by atoms with Crippen molar-refractivity contribution in [2.24, 2.45) is 35.2 Å². The largest absolute Gasteiger partial charge is 0.294 e. The zero-order valence-corrected chi connectivity index (χ0v) is 72.8. The van der Waals surface area contributed by atoms with Gasteiger partial charge in [0.25, 0.3) is 5.65 Å². The Morgan fingerprint density at radius 3 is 1.36 bits per heavy atom. The van der Waals surface area contributed by atoms with Crippen LogP contribution in [0.4, 0.5) is 0 Å². The molecule has 20 rings (SSSR count). The highest BCUT2D eigenvalue weighted by atomic mass is 15.4. The number of nitrogens with zero attached hydrogens (tertiary/aromatic N) is 10. The van der Waals surface area contributed by atoms with Crippen molar-refractivity contribution >= 4 is 49.1 Å². The molecular weight excluding hydrogens is 1440 g/mol. The van der Waals surface area contributed by atoms with Crippen LogP contribution in [0.1, 0.15) is 123 Å². The average molecular weight is 1550 g/mol. The number of benzene rings is 12. The zero-order chi connectivity index (χ0) is 83.2. The molecule has 0 unspecified atom stereocenters. The molecule has 6 aromatic heterocycles. The molecule has 18 aromatic rings. The maximum absolute atomic E-state index is 2.51. The lowest BCUT2D eigenvalue weighted by atomic mass is 9.59. The van der Waals surface area contributed by atoms with Gasteiger partial charge >= 0.3 is 0 Å². The summed E-state index contributed by atoms with van der Waals surface area (Å²) in [5, 5.41) is 6.53. The van der Waals surface area contributed by atoms with Gasteiger partial charge in [-0.3, -0.25) is 0 Å². The molecule has 590 valence electrons. The number of rotatable bonds is 6. The Hall–Kier alpha value is -12.8. The quantitative estimate of drug-likeness (QED) is 0.118. The molecule has 0 fully saturated rings. The topological polar surface area (TPSA) is 44.3 Å². The van der Waals surface area contributed by atoms with Gasteiger partial charge in [0.05, 0.1) is 34.3 Å². The summed E-state index contributed by atoms with van der Waals surface area (Å²) in [5.41, 5.74) is 36.3. The summed E-state index contributed by atoms with van der Waals surface area (Å²) in [6.45, 7) is 36.7. The number of fused-ring (bicyclic) bond motifs is 14. The molecule has 10 nitrogen and oxygen atoms in total. The van der Waals surface area contributed by atoms with Crippen LogP contribution in [-0.4, -0.2) is 23.3 Å². The van der Waals surface area contributed by atoms with Crippen molar-refractivity contribution in [2.45, 2.75) is 132 Å². The first-order valence-electron chi connectivity index (χ1n) is 41.6. The third kappa shape index (κ3) is 13.2. The maximum Gasteiger partial charge on any atom is 0.294 e. The van der Waals surface area contributed by atoms with E-state index in [0.717, 1.165) is 0 Å². The minimum Gasteiger partial charge on any atom is -0.230 e. The monoisotopic (exact) mass is 1550 g/mol. The van der Waals surface area contributed by atoms with E-state index >= 15 is 0 Å². The summed E-state index contributed by atoms with van der Waals surface area (Å²) in [7, 11) is 10.7. The standard InChI is InChI=1S/C31H35N2.C23H27N2.C21H19N2.C18H17N2.C15H15N2/c1-20-17-21(2)19-24(18-20)28-26(23-14-10-9-11-15-23)29-31(6,7)30(4,5)25-16-12-13-22(3)27(25)33(29)32(28)8;1-16-11-10-14-19-20(16)25-21(23(4,5)22(19,2)3)18(15-24(25)6)17-12-8-7-9-13-17;1-16-10-6-8-14-19(16)23-20-15-9-7-13-18(20)21(22(23)2)17-11-4-3-5-12-17;1-12-7-6-9-15-14-8-4-5-10-16(14)20-11-13(2)19(3)18(20)17(12)15;1-12-7-3-5-9-14(12)17-15-10-6-4-8-13(15)11-16(17)2/h9-19H,1-8H3;7-15H,1-6H3;3-15H,1-2H3;4-11H,1-3H3;3-11H,1-2H3/q5*+1. The summed E-state index contributed by atoms with van der Waals surface area (Å²) >= 11 is 0. The van der Waals surface area contributed by atoms with E-state index in [9.17, 15) is 0 Å². The van der Waals surface area contributed by atoms with Crippen molar-refractivity contribution in [3.05, 3.63) is 371 Å². The maximum atomic E-state index is 2.51. The van der Waals surface area contributed by atoms with Crippen LogP contribution in [0.15, 0.2) is 304 Å². The van der Waals surface area contributed by atoms with Crippen molar-refractivity contribution in [1.29, 1.82) is 0 Å².